The molecule has 0 saturated carbocycles. The van der Waals surface area contributed by atoms with Gasteiger partial charge in [0, 0.05) is 20.1 Å². The lowest BCUT2D eigenvalue weighted by Gasteiger charge is -2.25. The Morgan fingerprint density at radius 1 is 1.35 bits per heavy atom. The van der Waals surface area contributed by atoms with Crippen LogP contribution in [0.1, 0.15) is 24.8 Å². The normalized spacial score (nSPS) is 23.6. The third-order valence-corrected chi connectivity index (χ3v) is 3.83. The first-order valence-electron chi connectivity index (χ1n) is 6.65. The molecule has 3 atom stereocenters. The summed E-state index contributed by atoms with van der Waals surface area (Å²) in [6.07, 6.45) is 0.141. The van der Waals surface area contributed by atoms with Gasteiger partial charge in [-0.2, -0.15) is 0 Å². The van der Waals surface area contributed by atoms with Gasteiger partial charge in [-0.15, -0.1) is 0 Å². The number of amides is 1. The van der Waals surface area contributed by atoms with Crippen molar-refractivity contribution in [3.63, 3.8) is 0 Å². The second kappa shape index (κ2) is 6.05. The van der Waals surface area contributed by atoms with Crippen LogP contribution in [-0.4, -0.2) is 47.7 Å². The molecule has 0 bridgehead atoms. The number of carbonyl (C=O) groups excluding carboxylic acids is 1. The second-order valence-electron chi connectivity index (χ2n) is 5.07. The topological polar surface area (TPSA) is 66.8 Å². The van der Waals surface area contributed by atoms with Gasteiger partial charge < -0.3 is 14.7 Å². The summed E-state index contributed by atoms with van der Waals surface area (Å²) in [5, 5.41) is 9.25. The average molecular weight is 277 g/mol. The largest absolute Gasteiger partial charge is 0.480 e. The number of carbonyl (C=O) groups is 2. The van der Waals surface area contributed by atoms with Crippen LogP contribution in [-0.2, 0) is 14.3 Å². The molecule has 1 aromatic rings. The van der Waals surface area contributed by atoms with Crippen LogP contribution < -0.4 is 0 Å². The molecule has 1 saturated heterocycles. The Morgan fingerprint density at radius 3 is 2.55 bits per heavy atom. The number of aliphatic carboxylic acids is 1. The summed E-state index contributed by atoms with van der Waals surface area (Å²) in [6.45, 7) is 2.14. The van der Waals surface area contributed by atoms with Crippen molar-refractivity contribution in [2.75, 3.05) is 13.7 Å². The Hall–Kier alpha value is -1.88. The highest BCUT2D eigenvalue weighted by atomic mass is 16.5. The standard InChI is InChI=1S/C15H19NO4/c1-10(11-6-4-3-5-7-11)14(17)16-9-12(20-2)8-13(16)15(18)19/h3-7,10,12-13H,8-9H2,1-2H3,(H,18,19)/t10-,12?,13?/m1/s1. The van der Waals surface area contributed by atoms with Crippen LogP contribution in [0, 0.1) is 0 Å². The summed E-state index contributed by atoms with van der Waals surface area (Å²) >= 11 is 0. The molecule has 2 unspecified atom stereocenters. The SMILES string of the molecule is COC1CC(C(=O)O)N(C(=O)[C@H](C)c2ccccc2)C1. The Labute approximate surface area is 118 Å². The first kappa shape index (κ1) is 14.5. The molecule has 20 heavy (non-hydrogen) atoms. The maximum absolute atomic E-state index is 12.5. The van der Waals surface area contributed by atoms with Gasteiger partial charge in [0.1, 0.15) is 6.04 Å². The van der Waals surface area contributed by atoms with E-state index in [9.17, 15) is 14.7 Å². The smallest absolute Gasteiger partial charge is 0.326 e. The van der Waals surface area contributed by atoms with Gasteiger partial charge in [-0.3, -0.25) is 4.79 Å². The van der Waals surface area contributed by atoms with E-state index in [1.54, 1.807) is 6.92 Å². The molecule has 5 heteroatoms. The fraction of sp³-hybridized carbons (Fsp3) is 0.467. The minimum Gasteiger partial charge on any atom is -0.480 e. The highest BCUT2D eigenvalue weighted by Gasteiger charge is 2.41. The number of carboxylic acid groups (broad SMARTS) is 1. The zero-order valence-corrected chi connectivity index (χ0v) is 11.7. The number of likely N-dealkylation sites (tertiary alicyclic amines) is 1. The van der Waals surface area contributed by atoms with E-state index in [4.69, 9.17) is 4.74 Å². The van der Waals surface area contributed by atoms with Crippen LogP contribution >= 0.6 is 0 Å². The Balaban J connectivity index is 2.17. The molecule has 108 valence electrons. The van der Waals surface area contributed by atoms with Crippen molar-refractivity contribution in [1.82, 2.24) is 4.90 Å². The summed E-state index contributed by atoms with van der Waals surface area (Å²) in [7, 11) is 1.54. The van der Waals surface area contributed by atoms with Gasteiger partial charge in [0.2, 0.25) is 5.91 Å². The van der Waals surface area contributed by atoms with E-state index in [0.29, 0.717) is 13.0 Å². The van der Waals surface area contributed by atoms with Gasteiger partial charge in [-0.1, -0.05) is 30.3 Å². The minimum atomic E-state index is -0.974. The zero-order valence-electron chi connectivity index (χ0n) is 11.7. The fourth-order valence-electron chi connectivity index (χ4n) is 2.58. The molecule has 5 nitrogen and oxygen atoms in total. The summed E-state index contributed by atoms with van der Waals surface area (Å²) in [4.78, 5) is 25.2. The summed E-state index contributed by atoms with van der Waals surface area (Å²) in [6, 6.07) is 8.59. The highest BCUT2D eigenvalue weighted by molar-refractivity contribution is 5.88. The van der Waals surface area contributed by atoms with Crippen LogP contribution in [0.4, 0.5) is 0 Å². The maximum Gasteiger partial charge on any atom is 0.326 e. The molecule has 1 fully saturated rings. The zero-order chi connectivity index (χ0) is 14.7. The molecular weight excluding hydrogens is 258 g/mol. The van der Waals surface area contributed by atoms with Gasteiger partial charge in [0.25, 0.3) is 0 Å². The van der Waals surface area contributed by atoms with Crippen LogP contribution in [0.15, 0.2) is 30.3 Å². The average Bonchev–Trinajstić information content (AvgIpc) is 2.91. The molecule has 1 amide bonds. The number of hydrogen-bond donors (Lipinski definition) is 1. The lowest BCUT2D eigenvalue weighted by atomic mass is 9.99. The fourth-order valence-corrected chi connectivity index (χ4v) is 2.58. The van der Waals surface area contributed by atoms with Crippen molar-refractivity contribution < 1.29 is 19.4 Å². The Kier molecular flexibility index (Phi) is 4.39. The van der Waals surface area contributed by atoms with E-state index in [2.05, 4.69) is 0 Å². The van der Waals surface area contributed by atoms with E-state index >= 15 is 0 Å². The first-order valence-corrected chi connectivity index (χ1v) is 6.65. The highest BCUT2D eigenvalue weighted by Crippen LogP contribution is 2.26. The number of hydrogen-bond acceptors (Lipinski definition) is 3. The molecule has 0 aromatic heterocycles. The lowest BCUT2D eigenvalue weighted by Crippen LogP contribution is -2.42. The van der Waals surface area contributed by atoms with E-state index < -0.39 is 12.0 Å². The van der Waals surface area contributed by atoms with Crippen LogP contribution in [0.3, 0.4) is 0 Å². The molecular formula is C15H19NO4. The summed E-state index contributed by atoms with van der Waals surface area (Å²) in [5.41, 5.74) is 0.891. The number of benzene rings is 1. The van der Waals surface area contributed by atoms with Crippen LogP contribution in [0.2, 0.25) is 0 Å². The van der Waals surface area contributed by atoms with Gasteiger partial charge in [-0.25, -0.2) is 4.79 Å². The number of nitrogens with zero attached hydrogens (tertiary/aromatic N) is 1. The summed E-state index contributed by atoms with van der Waals surface area (Å²) < 4.78 is 5.20. The molecule has 1 aromatic carbocycles. The predicted molar refractivity (Wildman–Crippen MR) is 73.4 cm³/mol. The quantitative estimate of drug-likeness (QED) is 0.905. The van der Waals surface area contributed by atoms with Crippen molar-refractivity contribution in [3.05, 3.63) is 35.9 Å². The number of carboxylic acids is 1. The van der Waals surface area contributed by atoms with Crippen molar-refractivity contribution in [2.45, 2.75) is 31.4 Å². The van der Waals surface area contributed by atoms with E-state index in [-0.39, 0.29) is 17.9 Å². The molecule has 1 aliphatic rings. The third-order valence-electron chi connectivity index (χ3n) is 3.83. The van der Waals surface area contributed by atoms with Crippen molar-refractivity contribution >= 4 is 11.9 Å². The molecule has 0 aliphatic carbocycles. The molecule has 1 aliphatic heterocycles. The monoisotopic (exact) mass is 277 g/mol. The van der Waals surface area contributed by atoms with Crippen molar-refractivity contribution in [1.29, 1.82) is 0 Å². The molecule has 0 spiro atoms. The Bertz CT molecular complexity index is 488. The third kappa shape index (κ3) is 2.82. The minimum absolute atomic E-state index is 0.164. The van der Waals surface area contributed by atoms with E-state index in [1.807, 2.05) is 30.3 Å². The van der Waals surface area contributed by atoms with Gasteiger partial charge >= 0.3 is 5.97 Å². The molecule has 1 N–H and O–H groups in total. The number of methoxy groups -OCH3 is 1. The number of rotatable bonds is 4. The second-order valence-corrected chi connectivity index (χ2v) is 5.07. The number of ether oxygens (including phenoxy) is 1. The Morgan fingerprint density at radius 2 is 2.00 bits per heavy atom. The molecule has 1 heterocycles. The molecule has 2 rings (SSSR count). The van der Waals surface area contributed by atoms with Crippen molar-refractivity contribution in [2.24, 2.45) is 0 Å². The van der Waals surface area contributed by atoms with Crippen molar-refractivity contribution in [3.8, 4) is 0 Å². The van der Waals surface area contributed by atoms with E-state index in [1.165, 1.54) is 12.0 Å². The first-order chi connectivity index (χ1) is 9.54. The van der Waals surface area contributed by atoms with Gasteiger partial charge in [0.05, 0.1) is 12.0 Å². The maximum atomic E-state index is 12.5. The van der Waals surface area contributed by atoms with E-state index in [0.717, 1.165) is 5.56 Å². The predicted octanol–water partition coefficient (Wildman–Crippen LogP) is 1.49. The van der Waals surface area contributed by atoms with Gasteiger partial charge in [-0.05, 0) is 12.5 Å². The van der Waals surface area contributed by atoms with Crippen LogP contribution in [0.25, 0.3) is 0 Å². The summed E-state index contributed by atoms with van der Waals surface area (Å²) in [5.74, 6) is -1.49. The van der Waals surface area contributed by atoms with Crippen LogP contribution in [0.5, 0.6) is 0 Å². The van der Waals surface area contributed by atoms with Gasteiger partial charge in [0.15, 0.2) is 0 Å². The lowest BCUT2D eigenvalue weighted by molar-refractivity contribution is -0.148. The molecule has 0 radical (unpaired) electrons.